The summed E-state index contributed by atoms with van der Waals surface area (Å²) in [5.41, 5.74) is 0. The van der Waals surface area contributed by atoms with Crippen molar-refractivity contribution in [2.45, 2.75) is 35.4 Å². The minimum absolute atomic E-state index is 0.472. The largest absolute Gasteiger partial charge is 0.296 e. The minimum Gasteiger partial charge on any atom is -0.296 e. The van der Waals surface area contributed by atoms with Crippen molar-refractivity contribution in [1.82, 2.24) is 4.90 Å². The van der Waals surface area contributed by atoms with E-state index in [1.165, 1.54) is 19.3 Å². The monoisotopic (exact) mass is 283 g/mol. The van der Waals surface area contributed by atoms with E-state index in [-0.39, 0.29) is 0 Å². The molecule has 1 unspecified atom stereocenters. The van der Waals surface area contributed by atoms with Gasteiger partial charge >= 0.3 is 0 Å². The Labute approximate surface area is 83.1 Å². The van der Waals surface area contributed by atoms with E-state index in [2.05, 4.69) is 9.41 Å². The Morgan fingerprint density at radius 3 is 2.67 bits per heavy atom. The lowest BCUT2D eigenvalue weighted by atomic mass is 9.92. The van der Waals surface area contributed by atoms with Gasteiger partial charge in [0, 0.05) is 25.6 Å². The molecular weight excluding hydrogens is 268 g/mol. The summed E-state index contributed by atoms with van der Waals surface area (Å²) in [6.07, 6.45) is 4.69. The Bertz CT molecular complexity index is 193. The molecule has 70 valence electrons. The Hall–Kier alpha value is 0.490. The van der Waals surface area contributed by atoms with Gasteiger partial charge in [-0.3, -0.25) is 4.90 Å². The molecule has 3 heteroatoms. The van der Waals surface area contributed by atoms with Crippen molar-refractivity contribution >= 4 is 25.2 Å². The van der Waals surface area contributed by atoms with Crippen molar-refractivity contribution in [1.29, 1.82) is 0 Å². The van der Waals surface area contributed by atoms with Crippen LogP contribution in [0, 0.1) is 0 Å². The highest BCUT2D eigenvalue weighted by Gasteiger charge is 2.40. The maximum Gasteiger partial charge on any atom is 0.169 e. The van der Waals surface area contributed by atoms with E-state index in [0.717, 1.165) is 19.0 Å². The second-order valence-electron chi connectivity index (χ2n) is 3.79. The first-order valence-corrected chi connectivity index (χ1v) is 7.16. The molecule has 0 N–H and O–H groups in total. The smallest absolute Gasteiger partial charge is 0.169 e. The number of nitrogens with zero attached hydrogens (tertiary/aromatic N) is 1. The molecule has 0 aromatic rings. The Morgan fingerprint density at radius 2 is 2.25 bits per heavy atom. The number of likely N-dealkylation sites (tertiary alicyclic amines) is 1. The van der Waals surface area contributed by atoms with Crippen LogP contribution in [0.2, 0.25) is 0 Å². The summed E-state index contributed by atoms with van der Waals surface area (Å²) in [5, 5.41) is 0. The van der Waals surface area contributed by atoms with E-state index < -0.39 is 24.4 Å². The van der Waals surface area contributed by atoms with Gasteiger partial charge in [0.15, 0.2) is 3.68 Å². The highest BCUT2D eigenvalue weighted by Crippen LogP contribution is 2.39. The molecule has 1 aliphatic heterocycles. The molecule has 2 fully saturated rings. The average molecular weight is 283 g/mol. The predicted molar refractivity (Wildman–Crippen MR) is 58.8 cm³/mol. The zero-order chi connectivity index (χ0) is 8.60. The summed E-state index contributed by atoms with van der Waals surface area (Å²) in [4.78, 5) is 2.34. The predicted octanol–water partition coefficient (Wildman–Crippen LogP) is 2.31. The maximum absolute atomic E-state index is 13.8. The number of rotatable bonds is 2. The van der Waals surface area contributed by atoms with Crippen LogP contribution in [0.3, 0.4) is 0 Å². The fourth-order valence-electron chi connectivity index (χ4n) is 1.94. The lowest BCUT2D eigenvalue weighted by molar-refractivity contribution is 0.146. The van der Waals surface area contributed by atoms with E-state index in [9.17, 15) is 4.39 Å². The lowest BCUT2D eigenvalue weighted by Crippen LogP contribution is -2.39. The van der Waals surface area contributed by atoms with Gasteiger partial charge in [-0.2, -0.15) is 0 Å². The Balaban J connectivity index is 1.92. The van der Waals surface area contributed by atoms with Crippen molar-refractivity contribution < 1.29 is 4.39 Å². The van der Waals surface area contributed by atoms with Crippen molar-refractivity contribution in [3.05, 3.63) is 0 Å². The van der Waals surface area contributed by atoms with Crippen molar-refractivity contribution in [3.63, 3.8) is 0 Å². The summed E-state index contributed by atoms with van der Waals surface area (Å²) >= 11 is -0.472. The fraction of sp³-hybridized carbons (Fsp3) is 0.889. The van der Waals surface area contributed by atoms with Gasteiger partial charge in [-0.05, 0) is 12.8 Å². The molecule has 2 aliphatic rings. The average Bonchev–Trinajstić information content (AvgIpc) is 2.31. The van der Waals surface area contributed by atoms with Gasteiger partial charge in [0.25, 0.3) is 0 Å². The summed E-state index contributed by atoms with van der Waals surface area (Å²) < 4.78 is 16.7. The third-order valence-corrected chi connectivity index (χ3v) is 5.28. The molecule has 1 saturated carbocycles. The number of hydrogen-bond acceptors (Lipinski definition) is 1. The fourth-order valence-corrected chi connectivity index (χ4v) is 3.24. The first-order valence-electron chi connectivity index (χ1n) is 4.56. The molecule has 0 radical (unpaired) electrons. The Kier molecular flexibility index (Phi) is 2.51. The van der Waals surface area contributed by atoms with E-state index >= 15 is 0 Å². The third-order valence-electron chi connectivity index (χ3n) is 3.03. The molecule has 0 aromatic heterocycles. The second-order valence-corrected chi connectivity index (χ2v) is 6.49. The molecule has 2 rings (SSSR count). The van der Waals surface area contributed by atoms with Gasteiger partial charge in [0.05, 0.1) is 0 Å². The van der Waals surface area contributed by atoms with Crippen molar-refractivity contribution in [3.8, 4) is 0 Å². The highest BCUT2D eigenvalue weighted by atomic mass is 127. The SMILES string of the molecule is C=IC1(F)CCN(C2CCC2)C1. The zero-order valence-electron chi connectivity index (χ0n) is 7.23. The van der Waals surface area contributed by atoms with Crippen LogP contribution in [0.1, 0.15) is 25.7 Å². The summed E-state index contributed by atoms with van der Waals surface area (Å²) in [6, 6.07) is 0.721. The molecule has 0 bridgehead atoms. The van der Waals surface area contributed by atoms with Crippen LogP contribution in [0.4, 0.5) is 4.39 Å². The van der Waals surface area contributed by atoms with E-state index in [4.69, 9.17) is 0 Å². The molecular formula is C9H15FIN. The lowest BCUT2D eigenvalue weighted by Gasteiger charge is -2.34. The summed E-state index contributed by atoms with van der Waals surface area (Å²) in [5.74, 6) is 0. The molecule has 1 aliphatic carbocycles. The van der Waals surface area contributed by atoms with E-state index in [0.29, 0.717) is 6.54 Å². The molecule has 1 heterocycles. The van der Waals surface area contributed by atoms with Crippen molar-refractivity contribution in [2.24, 2.45) is 0 Å². The molecule has 1 nitrogen and oxygen atoms in total. The third kappa shape index (κ3) is 1.58. The van der Waals surface area contributed by atoms with E-state index in [1.54, 1.807) is 0 Å². The Morgan fingerprint density at radius 1 is 1.50 bits per heavy atom. The normalized spacial score (nSPS) is 38.4. The van der Waals surface area contributed by atoms with Crippen LogP contribution in [-0.2, 0) is 0 Å². The van der Waals surface area contributed by atoms with Crippen LogP contribution in [0.25, 0.3) is 0 Å². The quantitative estimate of drug-likeness (QED) is 0.555. The van der Waals surface area contributed by atoms with Crippen LogP contribution in [0.5, 0.6) is 0 Å². The van der Waals surface area contributed by atoms with Gasteiger partial charge in [-0.1, -0.05) is 31.7 Å². The van der Waals surface area contributed by atoms with Crippen LogP contribution in [-0.4, -0.2) is 32.2 Å². The topological polar surface area (TPSA) is 3.24 Å². The van der Waals surface area contributed by atoms with Crippen LogP contribution >= 0.6 is 20.7 Å². The number of halogens is 2. The number of alkyl halides is 2. The van der Waals surface area contributed by atoms with E-state index in [1.807, 2.05) is 0 Å². The molecule has 12 heavy (non-hydrogen) atoms. The number of hydrogen-bond donors (Lipinski definition) is 0. The summed E-state index contributed by atoms with van der Waals surface area (Å²) in [6.45, 7) is 1.67. The highest BCUT2D eigenvalue weighted by molar-refractivity contribution is 14.2. The zero-order valence-corrected chi connectivity index (χ0v) is 9.39. The molecule has 0 amide bonds. The molecule has 1 saturated heterocycles. The van der Waals surface area contributed by atoms with Gasteiger partial charge in [-0.25, -0.2) is 4.39 Å². The first-order chi connectivity index (χ1) is 5.73. The van der Waals surface area contributed by atoms with Crippen LogP contribution in [0.15, 0.2) is 0 Å². The van der Waals surface area contributed by atoms with Crippen LogP contribution < -0.4 is 0 Å². The molecule has 0 aromatic carbocycles. The molecule has 1 atom stereocenters. The molecule has 0 spiro atoms. The summed E-state index contributed by atoms with van der Waals surface area (Å²) in [7, 11) is 0. The van der Waals surface area contributed by atoms with Gasteiger partial charge in [0.1, 0.15) is 0 Å². The maximum atomic E-state index is 13.8. The van der Waals surface area contributed by atoms with Gasteiger partial charge < -0.3 is 0 Å². The standard InChI is InChI=1S/C9H15FIN/c1-11-9(10)5-6-12(7-9)8-3-2-4-8/h8H,1-7H2. The van der Waals surface area contributed by atoms with Crippen molar-refractivity contribution in [2.75, 3.05) is 13.1 Å². The van der Waals surface area contributed by atoms with Gasteiger partial charge in [-0.15, -0.1) is 0 Å². The van der Waals surface area contributed by atoms with Gasteiger partial charge in [0.2, 0.25) is 0 Å². The second kappa shape index (κ2) is 3.33. The minimum atomic E-state index is -0.853. The first kappa shape index (κ1) is 9.06.